The van der Waals surface area contributed by atoms with Gasteiger partial charge in [-0.25, -0.2) is 0 Å². The van der Waals surface area contributed by atoms with Crippen LogP contribution in [0.15, 0.2) is 16.6 Å². The Morgan fingerprint density at radius 3 is 2.85 bits per heavy atom. The molecule has 1 aromatic rings. The molecule has 1 fully saturated rings. The van der Waals surface area contributed by atoms with Crippen LogP contribution in [0, 0.1) is 0 Å². The lowest BCUT2D eigenvalue weighted by molar-refractivity contribution is -0.118. The van der Waals surface area contributed by atoms with E-state index < -0.39 is 0 Å². The number of carbonyl (C=O) groups excluding carboxylic acids is 1. The SMILES string of the molecule is COc1cc(CNC2CC2)cc(Br)c1OCCC(N)=O. The number of methoxy groups -OCH3 is 1. The molecule has 1 aliphatic rings. The van der Waals surface area contributed by atoms with Crippen molar-refractivity contribution >= 4 is 21.8 Å². The van der Waals surface area contributed by atoms with Crippen molar-refractivity contribution in [3.8, 4) is 11.5 Å². The smallest absolute Gasteiger partial charge is 0.220 e. The van der Waals surface area contributed by atoms with Crippen molar-refractivity contribution in [3.63, 3.8) is 0 Å². The van der Waals surface area contributed by atoms with E-state index in [2.05, 4.69) is 21.2 Å². The molecule has 6 heteroatoms. The first kappa shape index (κ1) is 15.1. The number of carbonyl (C=O) groups is 1. The molecule has 0 heterocycles. The second kappa shape index (κ2) is 6.95. The lowest BCUT2D eigenvalue weighted by Crippen LogP contribution is -2.16. The zero-order chi connectivity index (χ0) is 14.5. The number of nitrogens with two attached hydrogens (primary N) is 1. The van der Waals surface area contributed by atoms with Crippen LogP contribution in [0.1, 0.15) is 24.8 Å². The highest BCUT2D eigenvalue weighted by atomic mass is 79.9. The summed E-state index contributed by atoms with van der Waals surface area (Å²) in [5.74, 6) is 0.866. The third-order valence-corrected chi connectivity index (χ3v) is 3.65. The largest absolute Gasteiger partial charge is 0.493 e. The molecule has 0 spiro atoms. The first-order chi connectivity index (χ1) is 9.60. The topological polar surface area (TPSA) is 73.6 Å². The fraction of sp³-hybridized carbons (Fsp3) is 0.500. The molecule has 2 rings (SSSR count). The molecule has 0 bridgehead atoms. The maximum absolute atomic E-state index is 10.7. The Kier molecular flexibility index (Phi) is 5.25. The molecule has 0 unspecified atom stereocenters. The van der Waals surface area contributed by atoms with Crippen molar-refractivity contribution in [2.75, 3.05) is 13.7 Å². The lowest BCUT2D eigenvalue weighted by atomic mass is 10.2. The van der Waals surface area contributed by atoms with Crippen LogP contribution in [-0.4, -0.2) is 25.7 Å². The third kappa shape index (κ3) is 4.38. The Labute approximate surface area is 126 Å². The van der Waals surface area contributed by atoms with Crippen molar-refractivity contribution < 1.29 is 14.3 Å². The molecular weight excluding hydrogens is 324 g/mol. The number of nitrogens with one attached hydrogen (secondary N) is 1. The van der Waals surface area contributed by atoms with E-state index >= 15 is 0 Å². The van der Waals surface area contributed by atoms with Crippen LogP contribution in [-0.2, 0) is 11.3 Å². The summed E-state index contributed by atoms with van der Waals surface area (Å²) in [6.45, 7) is 1.05. The van der Waals surface area contributed by atoms with Gasteiger partial charge in [-0.2, -0.15) is 0 Å². The van der Waals surface area contributed by atoms with Gasteiger partial charge in [0, 0.05) is 12.6 Å². The van der Waals surface area contributed by atoms with Crippen molar-refractivity contribution in [2.24, 2.45) is 5.73 Å². The van der Waals surface area contributed by atoms with Crippen LogP contribution in [0.5, 0.6) is 11.5 Å². The van der Waals surface area contributed by atoms with Gasteiger partial charge in [-0.1, -0.05) is 0 Å². The number of primary amides is 1. The quantitative estimate of drug-likeness (QED) is 0.757. The van der Waals surface area contributed by atoms with Gasteiger partial charge in [-0.05, 0) is 46.5 Å². The molecule has 110 valence electrons. The van der Waals surface area contributed by atoms with Crippen molar-refractivity contribution in [3.05, 3.63) is 22.2 Å². The fourth-order valence-electron chi connectivity index (χ4n) is 1.82. The van der Waals surface area contributed by atoms with Crippen LogP contribution >= 0.6 is 15.9 Å². The highest BCUT2D eigenvalue weighted by Crippen LogP contribution is 2.37. The summed E-state index contributed by atoms with van der Waals surface area (Å²) >= 11 is 3.48. The van der Waals surface area contributed by atoms with E-state index in [9.17, 15) is 4.79 Å². The molecule has 1 amide bonds. The van der Waals surface area contributed by atoms with E-state index in [1.165, 1.54) is 12.8 Å². The standard InChI is InChI=1S/C14H19BrN2O3/c1-19-12-7-9(8-17-10-2-3-10)6-11(15)14(12)20-5-4-13(16)18/h6-7,10,17H,2-5,8H2,1H3,(H2,16,18). The molecular formula is C14H19BrN2O3. The van der Waals surface area contributed by atoms with E-state index in [1.54, 1.807) is 7.11 Å². The summed E-state index contributed by atoms with van der Waals surface area (Å²) in [6, 6.07) is 4.60. The van der Waals surface area contributed by atoms with Crippen LogP contribution < -0.4 is 20.5 Å². The minimum absolute atomic E-state index is 0.181. The second-order valence-electron chi connectivity index (χ2n) is 4.83. The first-order valence-corrected chi connectivity index (χ1v) is 7.40. The van der Waals surface area contributed by atoms with Crippen molar-refractivity contribution in [2.45, 2.75) is 31.8 Å². The minimum atomic E-state index is -0.384. The Balaban J connectivity index is 2.03. The normalized spacial score (nSPS) is 14.1. The highest BCUT2D eigenvalue weighted by molar-refractivity contribution is 9.10. The van der Waals surface area contributed by atoms with E-state index in [1.807, 2.05) is 12.1 Å². The van der Waals surface area contributed by atoms with Gasteiger partial charge in [0.25, 0.3) is 0 Å². The maximum Gasteiger partial charge on any atom is 0.220 e. The Morgan fingerprint density at radius 1 is 1.50 bits per heavy atom. The van der Waals surface area contributed by atoms with Gasteiger partial charge in [0.15, 0.2) is 11.5 Å². The highest BCUT2D eigenvalue weighted by Gasteiger charge is 2.20. The number of benzene rings is 1. The molecule has 0 aromatic heterocycles. The van der Waals surface area contributed by atoms with Gasteiger partial charge in [-0.3, -0.25) is 4.79 Å². The van der Waals surface area contributed by atoms with E-state index in [0.29, 0.717) is 17.5 Å². The van der Waals surface area contributed by atoms with Crippen LogP contribution in [0.4, 0.5) is 0 Å². The average Bonchev–Trinajstić information content (AvgIpc) is 3.22. The van der Waals surface area contributed by atoms with Gasteiger partial charge in [0.1, 0.15) is 0 Å². The zero-order valence-corrected chi connectivity index (χ0v) is 13.0. The van der Waals surface area contributed by atoms with E-state index in [-0.39, 0.29) is 18.9 Å². The van der Waals surface area contributed by atoms with Crippen molar-refractivity contribution in [1.29, 1.82) is 0 Å². The summed E-state index contributed by atoms with van der Waals surface area (Å²) in [5, 5.41) is 3.45. The zero-order valence-electron chi connectivity index (χ0n) is 11.4. The molecule has 1 aliphatic carbocycles. The Morgan fingerprint density at radius 2 is 2.25 bits per heavy atom. The van der Waals surface area contributed by atoms with Gasteiger partial charge >= 0.3 is 0 Å². The van der Waals surface area contributed by atoms with Gasteiger partial charge in [-0.15, -0.1) is 0 Å². The Bertz CT molecular complexity index is 490. The first-order valence-electron chi connectivity index (χ1n) is 6.61. The van der Waals surface area contributed by atoms with Gasteiger partial charge in [0.05, 0.1) is 24.6 Å². The van der Waals surface area contributed by atoms with Gasteiger partial charge in [0.2, 0.25) is 5.91 Å². The number of rotatable bonds is 8. The molecule has 0 atom stereocenters. The molecule has 1 saturated carbocycles. The van der Waals surface area contributed by atoms with E-state index in [4.69, 9.17) is 15.2 Å². The second-order valence-corrected chi connectivity index (χ2v) is 5.68. The summed E-state index contributed by atoms with van der Waals surface area (Å²) in [6.07, 6.45) is 2.69. The summed E-state index contributed by atoms with van der Waals surface area (Å²) in [5.41, 5.74) is 6.22. The number of amides is 1. The predicted molar refractivity (Wildman–Crippen MR) is 79.9 cm³/mol. The predicted octanol–water partition coefficient (Wildman–Crippen LogP) is 1.96. The molecule has 0 saturated heterocycles. The fourth-order valence-corrected chi connectivity index (χ4v) is 2.42. The van der Waals surface area contributed by atoms with E-state index in [0.717, 1.165) is 16.6 Å². The minimum Gasteiger partial charge on any atom is -0.493 e. The molecule has 3 N–H and O–H groups in total. The number of ether oxygens (including phenoxy) is 2. The van der Waals surface area contributed by atoms with Crippen LogP contribution in [0.2, 0.25) is 0 Å². The molecule has 1 aromatic carbocycles. The molecule has 20 heavy (non-hydrogen) atoms. The average molecular weight is 343 g/mol. The Hall–Kier alpha value is -1.27. The summed E-state index contributed by atoms with van der Waals surface area (Å²) in [7, 11) is 1.60. The molecule has 0 aliphatic heterocycles. The summed E-state index contributed by atoms with van der Waals surface area (Å²) < 4.78 is 11.7. The third-order valence-electron chi connectivity index (χ3n) is 3.06. The molecule has 0 radical (unpaired) electrons. The monoisotopic (exact) mass is 342 g/mol. The number of hydrogen-bond donors (Lipinski definition) is 2. The molecule has 5 nitrogen and oxygen atoms in total. The lowest BCUT2D eigenvalue weighted by Gasteiger charge is -2.14. The van der Waals surface area contributed by atoms with Crippen LogP contribution in [0.25, 0.3) is 0 Å². The van der Waals surface area contributed by atoms with Crippen molar-refractivity contribution in [1.82, 2.24) is 5.32 Å². The van der Waals surface area contributed by atoms with Gasteiger partial charge < -0.3 is 20.5 Å². The number of halogens is 1. The maximum atomic E-state index is 10.7. The summed E-state index contributed by atoms with van der Waals surface area (Å²) in [4.78, 5) is 10.7. The number of hydrogen-bond acceptors (Lipinski definition) is 4. The van der Waals surface area contributed by atoms with Crippen LogP contribution in [0.3, 0.4) is 0 Å².